The average molecular weight is 376 g/mol. The number of nitrogens with one attached hydrogen (secondary N) is 1. The maximum atomic E-state index is 12.1. The SMILES string of the molecule is Cc1ccc(OCC(=O)O[C@H](C)C(=O)Nc2ccc(C)c(Cl)c2)cc1C. The Morgan fingerprint density at radius 3 is 2.38 bits per heavy atom. The highest BCUT2D eigenvalue weighted by molar-refractivity contribution is 6.31. The fraction of sp³-hybridized carbons (Fsp3) is 0.300. The van der Waals surface area contributed by atoms with Crippen LogP contribution >= 0.6 is 11.6 Å². The van der Waals surface area contributed by atoms with Gasteiger partial charge in [0.25, 0.3) is 5.91 Å². The van der Waals surface area contributed by atoms with Crippen molar-refractivity contribution >= 4 is 29.2 Å². The van der Waals surface area contributed by atoms with Crippen LogP contribution in [-0.2, 0) is 14.3 Å². The van der Waals surface area contributed by atoms with E-state index in [1.165, 1.54) is 6.92 Å². The van der Waals surface area contributed by atoms with Gasteiger partial charge in [0.15, 0.2) is 12.7 Å². The number of carbonyl (C=O) groups excluding carboxylic acids is 2. The van der Waals surface area contributed by atoms with E-state index in [1.807, 2.05) is 32.9 Å². The molecule has 0 spiro atoms. The number of hydrogen-bond acceptors (Lipinski definition) is 4. The van der Waals surface area contributed by atoms with Gasteiger partial charge in [0.05, 0.1) is 0 Å². The number of benzene rings is 2. The summed E-state index contributed by atoms with van der Waals surface area (Å²) in [5.41, 5.74) is 3.66. The molecule has 0 saturated carbocycles. The molecule has 0 radical (unpaired) electrons. The maximum Gasteiger partial charge on any atom is 0.344 e. The molecule has 0 aliphatic rings. The van der Waals surface area contributed by atoms with E-state index in [0.29, 0.717) is 16.5 Å². The van der Waals surface area contributed by atoms with Crippen LogP contribution in [0.2, 0.25) is 5.02 Å². The van der Waals surface area contributed by atoms with E-state index >= 15 is 0 Å². The van der Waals surface area contributed by atoms with Crippen LogP contribution in [0.15, 0.2) is 36.4 Å². The first kappa shape index (κ1) is 19.8. The third-order valence-corrected chi connectivity index (χ3v) is 4.36. The van der Waals surface area contributed by atoms with E-state index in [9.17, 15) is 9.59 Å². The monoisotopic (exact) mass is 375 g/mol. The van der Waals surface area contributed by atoms with Gasteiger partial charge in [-0.3, -0.25) is 4.79 Å². The fourth-order valence-corrected chi connectivity index (χ4v) is 2.33. The van der Waals surface area contributed by atoms with Crippen molar-refractivity contribution in [2.75, 3.05) is 11.9 Å². The molecule has 2 aromatic carbocycles. The van der Waals surface area contributed by atoms with E-state index < -0.39 is 18.0 Å². The molecule has 0 bridgehead atoms. The number of aryl methyl sites for hydroxylation is 3. The summed E-state index contributed by atoms with van der Waals surface area (Å²) in [6.45, 7) is 7.06. The molecule has 0 fully saturated rings. The first-order valence-electron chi connectivity index (χ1n) is 8.23. The summed E-state index contributed by atoms with van der Waals surface area (Å²) in [5, 5.41) is 3.21. The highest BCUT2D eigenvalue weighted by Crippen LogP contribution is 2.20. The Hall–Kier alpha value is -2.53. The first-order chi connectivity index (χ1) is 12.3. The molecule has 26 heavy (non-hydrogen) atoms. The Morgan fingerprint density at radius 1 is 1.04 bits per heavy atom. The number of esters is 1. The van der Waals surface area contributed by atoms with Gasteiger partial charge in [0.1, 0.15) is 5.75 Å². The highest BCUT2D eigenvalue weighted by Gasteiger charge is 2.18. The summed E-state index contributed by atoms with van der Waals surface area (Å²) >= 11 is 6.03. The number of halogens is 1. The molecule has 1 atom stereocenters. The molecule has 0 saturated heterocycles. The van der Waals surface area contributed by atoms with Crippen LogP contribution in [0.25, 0.3) is 0 Å². The van der Waals surface area contributed by atoms with Gasteiger partial charge < -0.3 is 14.8 Å². The Balaban J connectivity index is 1.84. The van der Waals surface area contributed by atoms with Crippen molar-refractivity contribution in [1.82, 2.24) is 0 Å². The third kappa shape index (κ3) is 5.49. The number of anilines is 1. The second kappa shape index (κ2) is 8.72. The molecule has 1 amide bonds. The van der Waals surface area contributed by atoms with E-state index in [0.717, 1.165) is 16.7 Å². The van der Waals surface area contributed by atoms with Crippen molar-refractivity contribution in [3.05, 3.63) is 58.1 Å². The molecule has 2 rings (SSSR count). The smallest absolute Gasteiger partial charge is 0.344 e. The van der Waals surface area contributed by atoms with Crippen molar-refractivity contribution in [2.24, 2.45) is 0 Å². The van der Waals surface area contributed by atoms with Crippen LogP contribution in [0.3, 0.4) is 0 Å². The van der Waals surface area contributed by atoms with Crippen molar-refractivity contribution in [3.8, 4) is 5.75 Å². The van der Waals surface area contributed by atoms with E-state index in [-0.39, 0.29) is 6.61 Å². The molecule has 0 aromatic heterocycles. The van der Waals surface area contributed by atoms with Gasteiger partial charge in [-0.2, -0.15) is 0 Å². The van der Waals surface area contributed by atoms with Gasteiger partial charge in [0, 0.05) is 10.7 Å². The van der Waals surface area contributed by atoms with Gasteiger partial charge in [-0.05, 0) is 68.7 Å². The van der Waals surface area contributed by atoms with Crippen LogP contribution in [-0.4, -0.2) is 24.6 Å². The summed E-state index contributed by atoms with van der Waals surface area (Å²) in [6.07, 6.45) is -0.953. The maximum absolute atomic E-state index is 12.1. The second-order valence-corrected chi connectivity index (χ2v) is 6.53. The standard InChI is InChI=1S/C20H22ClNO4/c1-12-6-8-17(9-14(12)3)25-11-19(23)26-15(4)20(24)22-16-7-5-13(2)18(21)10-16/h5-10,15H,11H2,1-4H3,(H,22,24)/t15-/m1/s1. The minimum atomic E-state index is -0.953. The summed E-state index contributed by atoms with van der Waals surface area (Å²) < 4.78 is 10.5. The van der Waals surface area contributed by atoms with Crippen molar-refractivity contribution in [1.29, 1.82) is 0 Å². The van der Waals surface area contributed by atoms with Gasteiger partial charge in [-0.1, -0.05) is 23.7 Å². The quantitative estimate of drug-likeness (QED) is 0.768. The predicted molar refractivity (Wildman–Crippen MR) is 102 cm³/mol. The lowest BCUT2D eigenvalue weighted by Gasteiger charge is -2.14. The van der Waals surface area contributed by atoms with Crippen LogP contribution in [0.4, 0.5) is 5.69 Å². The molecule has 138 valence electrons. The summed E-state index contributed by atoms with van der Waals surface area (Å²) in [5.74, 6) is -0.478. The third-order valence-electron chi connectivity index (χ3n) is 3.95. The predicted octanol–water partition coefficient (Wildman–Crippen LogP) is 4.21. The van der Waals surface area contributed by atoms with Gasteiger partial charge >= 0.3 is 5.97 Å². The van der Waals surface area contributed by atoms with Gasteiger partial charge in [0.2, 0.25) is 0 Å². The molecule has 0 heterocycles. The Morgan fingerprint density at radius 2 is 1.73 bits per heavy atom. The normalized spacial score (nSPS) is 11.6. The van der Waals surface area contributed by atoms with E-state index in [4.69, 9.17) is 21.1 Å². The van der Waals surface area contributed by atoms with Crippen molar-refractivity contribution in [2.45, 2.75) is 33.8 Å². The Kier molecular flexibility index (Phi) is 6.64. The largest absolute Gasteiger partial charge is 0.482 e. The molecule has 0 unspecified atom stereocenters. The highest BCUT2D eigenvalue weighted by atomic mass is 35.5. The van der Waals surface area contributed by atoms with Crippen molar-refractivity contribution < 1.29 is 19.1 Å². The topological polar surface area (TPSA) is 64.6 Å². The summed E-state index contributed by atoms with van der Waals surface area (Å²) in [7, 11) is 0. The van der Waals surface area contributed by atoms with Gasteiger partial charge in [-0.15, -0.1) is 0 Å². The molecule has 2 aromatic rings. The lowest BCUT2D eigenvalue weighted by molar-refractivity contribution is -0.155. The fourth-order valence-electron chi connectivity index (χ4n) is 2.15. The molecule has 0 aliphatic heterocycles. The summed E-state index contributed by atoms with van der Waals surface area (Å²) in [4.78, 5) is 24.0. The zero-order valence-corrected chi connectivity index (χ0v) is 16.0. The molecule has 1 N–H and O–H groups in total. The first-order valence-corrected chi connectivity index (χ1v) is 8.60. The number of amides is 1. The molecular formula is C20H22ClNO4. The van der Waals surface area contributed by atoms with Crippen molar-refractivity contribution in [3.63, 3.8) is 0 Å². The zero-order chi connectivity index (χ0) is 19.3. The number of ether oxygens (including phenoxy) is 2. The lowest BCUT2D eigenvalue weighted by Crippen LogP contribution is -2.31. The number of hydrogen-bond donors (Lipinski definition) is 1. The molecule has 0 aliphatic carbocycles. The Labute approximate surface area is 158 Å². The van der Waals surface area contributed by atoms with Crippen LogP contribution in [0.1, 0.15) is 23.6 Å². The van der Waals surface area contributed by atoms with Gasteiger partial charge in [-0.25, -0.2) is 4.79 Å². The zero-order valence-electron chi connectivity index (χ0n) is 15.3. The Bertz CT molecular complexity index is 819. The minimum Gasteiger partial charge on any atom is -0.482 e. The van der Waals surface area contributed by atoms with E-state index in [1.54, 1.807) is 24.3 Å². The molecule has 6 heteroatoms. The number of carbonyl (C=O) groups is 2. The summed E-state index contributed by atoms with van der Waals surface area (Å²) in [6, 6.07) is 10.7. The molecular weight excluding hydrogens is 354 g/mol. The molecule has 5 nitrogen and oxygen atoms in total. The van der Waals surface area contributed by atoms with E-state index in [2.05, 4.69) is 5.32 Å². The van der Waals surface area contributed by atoms with Crippen LogP contribution in [0, 0.1) is 20.8 Å². The average Bonchev–Trinajstić information content (AvgIpc) is 2.59. The van der Waals surface area contributed by atoms with Crippen LogP contribution in [0.5, 0.6) is 5.75 Å². The minimum absolute atomic E-state index is 0.267. The lowest BCUT2D eigenvalue weighted by atomic mass is 10.1. The number of rotatable bonds is 6. The second-order valence-electron chi connectivity index (χ2n) is 6.12. The van der Waals surface area contributed by atoms with Crippen LogP contribution < -0.4 is 10.1 Å².